The van der Waals surface area contributed by atoms with E-state index in [1.54, 1.807) is 54.6 Å². The highest BCUT2D eigenvalue weighted by Gasteiger charge is 2.40. The van der Waals surface area contributed by atoms with Crippen molar-refractivity contribution >= 4 is 33.0 Å². The van der Waals surface area contributed by atoms with Crippen molar-refractivity contribution < 1.29 is 32.2 Å². The van der Waals surface area contributed by atoms with E-state index in [4.69, 9.17) is 14.2 Å². The van der Waals surface area contributed by atoms with Gasteiger partial charge in [-0.15, -0.1) is 0 Å². The standard InChI is InChI=1S/C25H22N2O7S/c1-32-18-6-4-5-17(12-18)26-24(28)14-27-19-7-2-3-8-22(19)35(30,31)23(13-25(27)29)16-9-10-20-21(11-16)34-15-33-20/h2-12,23H,13-15H2,1H3,(H,26,28). The Morgan fingerprint density at radius 2 is 1.86 bits per heavy atom. The lowest BCUT2D eigenvalue weighted by Crippen LogP contribution is -2.38. The summed E-state index contributed by atoms with van der Waals surface area (Å²) in [5, 5.41) is 1.59. The molecule has 180 valence electrons. The van der Waals surface area contributed by atoms with Crippen molar-refractivity contribution in [1.82, 2.24) is 0 Å². The molecule has 2 amide bonds. The lowest BCUT2D eigenvalue weighted by Gasteiger charge is -2.22. The van der Waals surface area contributed by atoms with Gasteiger partial charge in [0.05, 0.1) is 22.9 Å². The number of fused-ring (bicyclic) bond motifs is 2. The topological polar surface area (TPSA) is 111 Å². The number of methoxy groups -OCH3 is 1. The first-order chi connectivity index (χ1) is 16.9. The van der Waals surface area contributed by atoms with E-state index in [1.165, 1.54) is 24.1 Å². The highest BCUT2D eigenvalue weighted by molar-refractivity contribution is 7.92. The number of ether oxygens (including phenoxy) is 3. The van der Waals surface area contributed by atoms with Gasteiger partial charge in [0.1, 0.15) is 12.3 Å². The van der Waals surface area contributed by atoms with Crippen molar-refractivity contribution in [3.63, 3.8) is 0 Å². The van der Waals surface area contributed by atoms with Gasteiger partial charge in [0.15, 0.2) is 21.3 Å². The molecule has 1 atom stereocenters. The molecule has 0 spiro atoms. The molecule has 5 rings (SSSR count). The molecule has 9 nitrogen and oxygen atoms in total. The number of para-hydroxylation sites is 1. The third-order valence-electron chi connectivity index (χ3n) is 5.92. The third-order valence-corrected chi connectivity index (χ3v) is 8.07. The number of nitrogens with one attached hydrogen (secondary N) is 1. The van der Waals surface area contributed by atoms with E-state index >= 15 is 0 Å². The number of benzene rings is 3. The largest absolute Gasteiger partial charge is 0.497 e. The number of carbonyl (C=O) groups excluding carboxylic acids is 2. The monoisotopic (exact) mass is 494 g/mol. The van der Waals surface area contributed by atoms with Crippen LogP contribution in [0.3, 0.4) is 0 Å². The molecule has 0 saturated carbocycles. The summed E-state index contributed by atoms with van der Waals surface area (Å²) in [6, 6.07) is 17.9. The van der Waals surface area contributed by atoms with Crippen LogP contribution in [0.15, 0.2) is 71.6 Å². The van der Waals surface area contributed by atoms with Crippen molar-refractivity contribution in [2.24, 2.45) is 0 Å². The number of hydrogen-bond donors (Lipinski definition) is 1. The maximum absolute atomic E-state index is 13.7. The van der Waals surface area contributed by atoms with Crippen LogP contribution >= 0.6 is 0 Å². The molecule has 2 aliphatic heterocycles. The van der Waals surface area contributed by atoms with Gasteiger partial charge in [-0.1, -0.05) is 24.3 Å². The minimum absolute atomic E-state index is 0.0114. The number of nitrogens with zero attached hydrogens (tertiary/aromatic N) is 1. The predicted octanol–water partition coefficient (Wildman–Crippen LogP) is 3.31. The second kappa shape index (κ2) is 8.95. The smallest absolute Gasteiger partial charge is 0.244 e. The number of rotatable bonds is 5. The van der Waals surface area contributed by atoms with E-state index in [9.17, 15) is 18.0 Å². The van der Waals surface area contributed by atoms with E-state index < -0.39 is 26.9 Å². The molecule has 0 radical (unpaired) electrons. The van der Waals surface area contributed by atoms with Gasteiger partial charge in [0.2, 0.25) is 18.6 Å². The molecule has 1 unspecified atom stereocenters. The molecule has 35 heavy (non-hydrogen) atoms. The van der Waals surface area contributed by atoms with Crippen molar-refractivity contribution in [3.8, 4) is 17.2 Å². The summed E-state index contributed by atoms with van der Waals surface area (Å²) < 4.78 is 43.3. The Morgan fingerprint density at radius 1 is 1.06 bits per heavy atom. The predicted molar refractivity (Wildman–Crippen MR) is 128 cm³/mol. The highest BCUT2D eigenvalue weighted by Crippen LogP contribution is 2.43. The van der Waals surface area contributed by atoms with Gasteiger partial charge < -0.3 is 24.4 Å². The van der Waals surface area contributed by atoms with Gasteiger partial charge in [-0.2, -0.15) is 0 Å². The average Bonchev–Trinajstić information content (AvgIpc) is 3.31. The van der Waals surface area contributed by atoms with Crippen LogP contribution < -0.4 is 24.4 Å². The Kier molecular flexibility index (Phi) is 5.81. The number of carbonyl (C=O) groups is 2. The van der Waals surface area contributed by atoms with Crippen LogP contribution in [0.25, 0.3) is 0 Å². The SMILES string of the molecule is COc1cccc(NC(=O)CN2C(=O)CC(c3ccc4c(c3)OCO4)S(=O)(=O)c3ccccc32)c1. The van der Waals surface area contributed by atoms with Crippen LogP contribution in [0.1, 0.15) is 17.2 Å². The van der Waals surface area contributed by atoms with Crippen molar-refractivity contribution in [1.29, 1.82) is 0 Å². The maximum atomic E-state index is 13.7. The van der Waals surface area contributed by atoms with Crippen LogP contribution in [0, 0.1) is 0 Å². The van der Waals surface area contributed by atoms with E-state index in [1.807, 2.05) is 0 Å². The molecule has 0 aromatic heterocycles. The van der Waals surface area contributed by atoms with Crippen LogP contribution in [0.2, 0.25) is 0 Å². The molecule has 0 bridgehead atoms. The van der Waals surface area contributed by atoms with E-state index in [0.717, 1.165) is 0 Å². The zero-order chi connectivity index (χ0) is 24.6. The van der Waals surface area contributed by atoms with Gasteiger partial charge in [-0.3, -0.25) is 9.59 Å². The second-order valence-corrected chi connectivity index (χ2v) is 10.2. The summed E-state index contributed by atoms with van der Waals surface area (Å²) >= 11 is 0. The second-order valence-electron chi connectivity index (χ2n) is 8.08. The van der Waals surface area contributed by atoms with Crippen molar-refractivity contribution in [3.05, 3.63) is 72.3 Å². The Labute approximate surface area is 202 Å². The molecule has 0 saturated heterocycles. The molecule has 3 aromatic rings. The van der Waals surface area contributed by atoms with Crippen LogP contribution in [0.4, 0.5) is 11.4 Å². The molecular weight excluding hydrogens is 472 g/mol. The Balaban J connectivity index is 1.48. The maximum Gasteiger partial charge on any atom is 0.244 e. The third kappa shape index (κ3) is 4.28. The number of sulfone groups is 1. The first kappa shape index (κ1) is 22.7. The summed E-state index contributed by atoms with van der Waals surface area (Å²) in [6.07, 6.45) is -0.330. The fourth-order valence-electron chi connectivity index (χ4n) is 4.22. The molecule has 0 fully saturated rings. The van der Waals surface area contributed by atoms with E-state index in [0.29, 0.717) is 28.5 Å². The quantitative estimate of drug-likeness (QED) is 0.579. The highest BCUT2D eigenvalue weighted by atomic mass is 32.2. The summed E-state index contributed by atoms with van der Waals surface area (Å²) in [7, 11) is -2.45. The first-order valence-corrected chi connectivity index (χ1v) is 12.4. The number of hydrogen-bond acceptors (Lipinski definition) is 7. The van der Waals surface area contributed by atoms with Crippen LogP contribution in [-0.2, 0) is 19.4 Å². The summed E-state index contributed by atoms with van der Waals surface area (Å²) in [5.74, 6) is 0.554. The van der Waals surface area contributed by atoms with Gasteiger partial charge in [-0.25, -0.2) is 8.42 Å². The molecule has 10 heteroatoms. The van der Waals surface area contributed by atoms with Gasteiger partial charge in [0, 0.05) is 18.2 Å². The molecule has 2 aliphatic rings. The minimum Gasteiger partial charge on any atom is -0.497 e. The normalized spacial score (nSPS) is 17.9. The molecular formula is C25H22N2O7S. The van der Waals surface area contributed by atoms with Gasteiger partial charge >= 0.3 is 0 Å². The number of amides is 2. The van der Waals surface area contributed by atoms with Crippen LogP contribution in [-0.4, -0.2) is 40.7 Å². The Hall–Kier alpha value is -4.05. The lowest BCUT2D eigenvalue weighted by atomic mass is 10.1. The number of anilines is 2. The summed E-state index contributed by atoms with van der Waals surface area (Å²) in [6.45, 7) is -0.301. The van der Waals surface area contributed by atoms with E-state index in [-0.39, 0.29) is 30.3 Å². The van der Waals surface area contributed by atoms with Gasteiger partial charge in [0.25, 0.3) is 0 Å². The van der Waals surface area contributed by atoms with Crippen molar-refractivity contribution in [2.45, 2.75) is 16.6 Å². The zero-order valence-electron chi connectivity index (χ0n) is 18.8. The van der Waals surface area contributed by atoms with Crippen molar-refractivity contribution in [2.75, 3.05) is 30.7 Å². The van der Waals surface area contributed by atoms with Gasteiger partial charge in [-0.05, 0) is 42.0 Å². The molecule has 2 heterocycles. The molecule has 3 aromatic carbocycles. The first-order valence-electron chi connectivity index (χ1n) is 10.8. The molecule has 1 N–H and O–H groups in total. The fraction of sp³-hybridized carbons (Fsp3) is 0.200. The lowest BCUT2D eigenvalue weighted by molar-refractivity contribution is -0.121. The molecule has 0 aliphatic carbocycles. The fourth-order valence-corrected chi connectivity index (χ4v) is 6.13. The Bertz CT molecular complexity index is 1420. The summed E-state index contributed by atoms with van der Waals surface area (Å²) in [4.78, 5) is 27.4. The zero-order valence-corrected chi connectivity index (χ0v) is 19.6. The van der Waals surface area contributed by atoms with Crippen LogP contribution in [0.5, 0.6) is 17.2 Å². The van der Waals surface area contributed by atoms with E-state index in [2.05, 4.69) is 5.32 Å². The minimum atomic E-state index is -3.97. The average molecular weight is 495 g/mol. The summed E-state index contributed by atoms with van der Waals surface area (Å²) in [5.41, 5.74) is 1.08. The Morgan fingerprint density at radius 3 is 2.69 bits per heavy atom.